The minimum absolute atomic E-state index is 0.122. The van der Waals surface area contributed by atoms with Crippen molar-refractivity contribution in [3.05, 3.63) is 29.0 Å². The van der Waals surface area contributed by atoms with E-state index in [4.69, 9.17) is 11.6 Å². The maximum atomic E-state index is 13.7. The fourth-order valence-corrected chi connectivity index (χ4v) is 3.29. The van der Waals surface area contributed by atoms with Crippen LogP contribution in [0.2, 0.25) is 5.02 Å². The molecule has 9 heteroatoms. The second kappa shape index (κ2) is 7.26. The summed E-state index contributed by atoms with van der Waals surface area (Å²) in [5, 5.41) is 3.20. The third-order valence-electron chi connectivity index (χ3n) is 3.16. The number of nitrogens with zero attached hydrogens (tertiary/aromatic N) is 2. The first-order valence-corrected chi connectivity index (χ1v) is 8.70. The van der Waals surface area contributed by atoms with Gasteiger partial charge in [-0.05, 0) is 24.6 Å². The normalized spacial score (nSPS) is 15.6. The lowest BCUT2D eigenvalue weighted by Crippen LogP contribution is -2.44. The molecule has 122 valence electrons. The van der Waals surface area contributed by atoms with Gasteiger partial charge in [-0.2, -0.15) is 0 Å². The molecule has 0 radical (unpaired) electrons. The average Bonchev–Trinajstić information content (AvgIpc) is 2.45. The zero-order valence-electron chi connectivity index (χ0n) is 12.1. The Morgan fingerprint density at radius 1 is 1.41 bits per heavy atom. The predicted molar refractivity (Wildman–Crippen MR) is 84.2 cm³/mol. The number of aliphatic imine (C=N–C) groups is 1. The summed E-state index contributed by atoms with van der Waals surface area (Å²) in [4.78, 5) is 5.86. The summed E-state index contributed by atoms with van der Waals surface area (Å²) in [5.74, 6) is -0.132. The molecule has 0 fully saturated rings. The first kappa shape index (κ1) is 17.0. The van der Waals surface area contributed by atoms with Gasteiger partial charge < -0.3 is 10.2 Å². The van der Waals surface area contributed by atoms with Crippen molar-refractivity contribution in [1.29, 1.82) is 0 Å². The molecule has 0 spiro atoms. The Labute approximate surface area is 134 Å². The molecule has 0 atom stereocenters. The van der Waals surface area contributed by atoms with E-state index in [9.17, 15) is 12.8 Å². The quantitative estimate of drug-likeness (QED) is 0.780. The maximum absolute atomic E-state index is 13.7. The molecule has 1 aromatic carbocycles. The van der Waals surface area contributed by atoms with E-state index in [2.05, 4.69) is 15.0 Å². The van der Waals surface area contributed by atoms with E-state index < -0.39 is 20.7 Å². The second-order valence-corrected chi connectivity index (χ2v) is 7.05. The van der Waals surface area contributed by atoms with Gasteiger partial charge in [0.1, 0.15) is 10.7 Å². The Morgan fingerprint density at radius 2 is 2.18 bits per heavy atom. The summed E-state index contributed by atoms with van der Waals surface area (Å²) >= 11 is 5.61. The molecule has 0 unspecified atom stereocenters. The van der Waals surface area contributed by atoms with Crippen molar-refractivity contribution in [3.63, 3.8) is 0 Å². The van der Waals surface area contributed by atoms with Crippen molar-refractivity contribution in [2.45, 2.75) is 11.3 Å². The molecule has 0 aromatic heterocycles. The molecule has 1 aromatic rings. The topological polar surface area (TPSA) is 73.8 Å². The van der Waals surface area contributed by atoms with Crippen molar-refractivity contribution < 1.29 is 12.8 Å². The molecular weight excluding hydrogens is 331 g/mol. The number of hydrogen-bond acceptors (Lipinski definition) is 5. The van der Waals surface area contributed by atoms with E-state index in [1.165, 1.54) is 6.07 Å². The van der Waals surface area contributed by atoms with Gasteiger partial charge in [0.15, 0.2) is 5.96 Å². The van der Waals surface area contributed by atoms with Crippen LogP contribution in [0.15, 0.2) is 28.1 Å². The summed E-state index contributed by atoms with van der Waals surface area (Å²) < 4.78 is 40.0. The Bertz CT molecular complexity index is 666. The van der Waals surface area contributed by atoms with Crippen LogP contribution in [-0.4, -0.2) is 52.5 Å². The second-order valence-electron chi connectivity index (χ2n) is 4.88. The van der Waals surface area contributed by atoms with Crippen LogP contribution in [0.5, 0.6) is 0 Å². The van der Waals surface area contributed by atoms with Gasteiger partial charge >= 0.3 is 0 Å². The van der Waals surface area contributed by atoms with E-state index in [0.29, 0.717) is 6.54 Å². The highest BCUT2D eigenvalue weighted by Gasteiger charge is 2.18. The molecule has 2 rings (SSSR count). The number of benzene rings is 1. The highest BCUT2D eigenvalue weighted by atomic mass is 35.5. The van der Waals surface area contributed by atoms with Crippen LogP contribution in [-0.2, 0) is 10.0 Å². The predicted octanol–water partition coefficient (Wildman–Crippen LogP) is 1.04. The Morgan fingerprint density at radius 3 is 2.86 bits per heavy atom. The first-order chi connectivity index (χ1) is 10.4. The van der Waals surface area contributed by atoms with Crippen LogP contribution < -0.4 is 10.0 Å². The standard InChI is InChI=1S/C13H18ClFN4O2S/c1-19-8-2-5-16-13(19)17-6-7-18-22(20,21)12-4-3-10(14)9-11(12)15/h3-4,9,18H,2,5-8H2,1H3,(H,16,17). The number of nitrogens with one attached hydrogen (secondary N) is 2. The zero-order chi connectivity index (χ0) is 16.2. The van der Waals surface area contributed by atoms with E-state index >= 15 is 0 Å². The van der Waals surface area contributed by atoms with Crippen LogP contribution in [0, 0.1) is 5.82 Å². The lowest BCUT2D eigenvalue weighted by molar-refractivity contribution is 0.446. The molecule has 0 amide bonds. The van der Waals surface area contributed by atoms with Gasteiger partial charge in [0, 0.05) is 38.2 Å². The molecule has 0 bridgehead atoms. The summed E-state index contributed by atoms with van der Waals surface area (Å²) in [5.41, 5.74) is 0. The minimum Gasteiger partial charge on any atom is -0.355 e. The lowest BCUT2D eigenvalue weighted by Gasteiger charge is -2.25. The van der Waals surface area contributed by atoms with Crippen molar-refractivity contribution in [3.8, 4) is 0 Å². The zero-order valence-corrected chi connectivity index (χ0v) is 13.7. The minimum atomic E-state index is -3.90. The Balaban J connectivity index is 1.89. The summed E-state index contributed by atoms with van der Waals surface area (Å²) in [7, 11) is -1.99. The van der Waals surface area contributed by atoms with Gasteiger partial charge in [0.2, 0.25) is 10.0 Å². The van der Waals surface area contributed by atoms with Crippen LogP contribution in [0.1, 0.15) is 6.42 Å². The number of halogens is 2. The first-order valence-electron chi connectivity index (χ1n) is 6.84. The monoisotopic (exact) mass is 348 g/mol. The maximum Gasteiger partial charge on any atom is 0.243 e. The van der Waals surface area contributed by atoms with E-state index in [0.717, 1.165) is 37.6 Å². The van der Waals surface area contributed by atoms with E-state index in [1.54, 1.807) is 0 Å². The van der Waals surface area contributed by atoms with Crippen LogP contribution in [0.3, 0.4) is 0 Å². The van der Waals surface area contributed by atoms with Gasteiger partial charge in [-0.1, -0.05) is 11.6 Å². The molecule has 1 aliphatic rings. The van der Waals surface area contributed by atoms with Crippen molar-refractivity contribution in [1.82, 2.24) is 14.9 Å². The number of hydrogen-bond donors (Lipinski definition) is 2. The molecule has 0 aliphatic carbocycles. The van der Waals surface area contributed by atoms with Crippen molar-refractivity contribution >= 4 is 27.6 Å². The lowest BCUT2D eigenvalue weighted by atomic mass is 10.3. The van der Waals surface area contributed by atoms with Gasteiger partial charge in [-0.3, -0.25) is 4.99 Å². The Kier molecular flexibility index (Phi) is 5.60. The molecule has 0 saturated carbocycles. The highest BCUT2D eigenvalue weighted by molar-refractivity contribution is 7.89. The fourth-order valence-electron chi connectivity index (χ4n) is 2.04. The van der Waals surface area contributed by atoms with Gasteiger partial charge in [-0.15, -0.1) is 0 Å². The van der Waals surface area contributed by atoms with E-state index in [-0.39, 0.29) is 11.6 Å². The molecule has 22 heavy (non-hydrogen) atoms. The largest absolute Gasteiger partial charge is 0.355 e. The van der Waals surface area contributed by atoms with Gasteiger partial charge in [0.25, 0.3) is 0 Å². The molecule has 1 heterocycles. The van der Waals surface area contributed by atoms with Crippen LogP contribution >= 0.6 is 11.6 Å². The molecule has 0 saturated heterocycles. The van der Waals surface area contributed by atoms with Crippen LogP contribution in [0.25, 0.3) is 0 Å². The summed E-state index contributed by atoms with van der Waals surface area (Å²) in [6.07, 6.45) is 1.00. The Hall–Kier alpha value is -1.38. The highest BCUT2D eigenvalue weighted by Crippen LogP contribution is 2.18. The average molecular weight is 349 g/mol. The third kappa shape index (κ3) is 4.31. The summed E-state index contributed by atoms with van der Waals surface area (Å²) in [6, 6.07) is 3.45. The number of guanidine groups is 1. The van der Waals surface area contributed by atoms with Gasteiger partial charge in [0.05, 0.1) is 0 Å². The molecular formula is C13H18ClFN4O2S. The SMILES string of the molecule is CN1CCCN=C1NCCNS(=O)(=O)c1ccc(Cl)cc1F. The van der Waals surface area contributed by atoms with Crippen molar-refractivity contribution in [2.75, 3.05) is 33.2 Å². The fraction of sp³-hybridized carbons (Fsp3) is 0.462. The molecule has 2 N–H and O–H groups in total. The van der Waals surface area contributed by atoms with E-state index in [1.807, 2.05) is 11.9 Å². The number of rotatable bonds is 5. The number of sulfonamides is 1. The van der Waals surface area contributed by atoms with Crippen molar-refractivity contribution in [2.24, 2.45) is 4.99 Å². The smallest absolute Gasteiger partial charge is 0.243 e. The molecule has 6 nitrogen and oxygen atoms in total. The van der Waals surface area contributed by atoms with Gasteiger partial charge in [-0.25, -0.2) is 17.5 Å². The van der Waals surface area contributed by atoms with Crippen LogP contribution in [0.4, 0.5) is 4.39 Å². The molecule has 1 aliphatic heterocycles. The third-order valence-corrected chi connectivity index (χ3v) is 4.89. The summed E-state index contributed by atoms with van der Waals surface area (Å²) in [6.45, 7) is 2.15.